The molecule has 180 valence electrons. The number of carbonyl (C=O) groups excluding carboxylic acids is 1. The van der Waals surface area contributed by atoms with Crippen LogP contribution in [0.5, 0.6) is 0 Å². The first-order valence-electron chi connectivity index (χ1n) is 11.9. The van der Waals surface area contributed by atoms with Crippen LogP contribution in [0.3, 0.4) is 0 Å². The first-order valence-corrected chi connectivity index (χ1v) is 12.8. The van der Waals surface area contributed by atoms with Crippen LogP contribution in [0.4, 0.5) is 0 Å². The smallest absolute Gasteiger partial charge is 0.254 e. The van der Waals surface area contributed by atoms with Crippen molar-refractivity contribution in [2.75, 3.05) is 6.54 Å². The molecule has 2 atom stereocenters. The third-order valence-corrected chi connectivity index (χ3v) is 7.43. The fourth-order valence-corrected chi connectivity index (χ4v) is 5.52. The molecule has 1 aliphatic heterocycles. The summed E-state index contributed by atoms with van der Waals surface area (Å²) in [5, 5.41) is 11.5. The fraction of sp³-hybridized carbons (Fsp3) is 0.333. The Hall–Kier alpha value is -3.36. The van der Waals surface area contributed by atoms with E-state index in [-0.39, 0.29) is 11.9 Å². The van der Waals surface area contributed by atoms with Crippen molar-refractivity contribution in [1.29, 1.82) is 0 Å². The molecule has 1 fully saturated rings. The van der Waals surface area contributed by atoms with E-state index in [0.29, 0.717) is 29.3 Å². The quantitative estimate of drug-likeness (QED) is 0.397. The molecule has 4 aromatic rings. The molecule has 1 saturated heterocycles. The van der Waals surface area contributed by atoms with Crippen molar-refractivity contribution in [3.8, 4) is 11.5 Å². The van der Waals surface area contributed by atoms with Crippen LogP contribution in [-0.2, 0) is 12.0 Å². The second-order valence-corrected chi connectivity index (χ2v) is 10.3. The maximum Gasteiger partial charge on any atom is 0.254 e. The summed E-state index contributed by atoms with van der Waals surface area (Å²) in [5.74, 6) is 0.713. The minimum absolute atomic E-state index is 0.00289. The standard InChI is InChI=1S/C27H29N5O2S/c1-18-17-35-24(29-18)22-13-6-7-14-32(22)25(33)21-12-8-11-20(15-21)23-30-31-26(34-23)27(2,28)16-19-9-4-3-5-10-19/h3-5,8-12,15,17,22H,6-7,13-14,16,28H2,1-2H3/t22-,27-/m1/s1. The third kappa shape index (κ3) is 5.04. The van der Waals surface area contributed by atoms with Gasteiger partial charge in [-0.3, -0.25) is 4.79 Å². The van der Waals surface area contributed by atoms with Crippen LogP contribution in [0.2, 0.25) is 0 Å². The van der Waals surface area contributed by atoms with Crippen molar-refractivity contribution < 1.29 is 9.21 Å². The molecule has 35 heavy (non-hydrogen) atoms. The van der Waals surface area contributed by atoms with Crippen molar-refractivity contribution in [3.05, 3.63) is 87.7 Å². The van der Waals surface area contributed by atoms with Crippen LogP contribution < -0.4 is 5.73 Å². The summed E-state index contributed by atoms with van der Waals surface area (Å²) in [5.41, 5.74) is 9.12. The molecule has 0 bridgehead atoms. The topological polar surface area (TPSA) is 98.1 Å². The van der Waals surface area contributed by atoms with Gasteiger partial charge in [0.15, 0.2) is 0 Å². The third-order valence-electron chi connectivity index (χ3n) is 6.37. The molecule has 0 aliphatic carbocycles. The van der Waals surface area contributed by atoms with Crippen LogP contribution in [0.15, 0.2) is 64.4 Å². The highest BCUT2D eigenvalue weighted by molar-refractivity contribution is 7.09. The Kier molecular flexibility index (Phi) is 6.49. The largest absolute Gasteiger partial charge is 0.419 e. The molecule has 2 aromatic carbocycles. The van der Waals surface area contributed by atoms with Gasteiger partial charge in [-0.15, -0.1) is 21.5 Å². The predicted molar refractivity (Wildman–Crippen MR) is 136 cm³/mol. The van der Waals surface area contributed by atoms with Crippen molar-refractivity contribution in [2.45, 2.75) is 51.1 Å². The number of nitrogens with zero attached hydrogens (tertiary/aromatic N) is 4. The van der Waals surface area contributed by atoms with Crippen LogP contribution in [0.1, 0.15) is 64.7 Å². The molecule has 1 amide bonds. The molecule has 7 nitrogen and oxygen atoms in total. The van der Waals surface area contributed by atoms with Crippen molar-refractivity contribution >= 4 is 17.2 Å². The summed E-state index contributed by atoms with van der Waals surface area (Å²) >= 11 is 1.63. The number of hydrogen-bond donors (Lipinski definition) is 1. The molecular weight excluding hydrogens is 458 g/mol. The zero-order chi connectivity index (χ0) is 24.4. The molecule has 2 N–H and O–H groups in total. The fourth-order valence-electron chi connectivity index (χ4n) is 4.57. The number of nitrogens with two attached hydrogens (primary N) is 1. The number of aryl methyl sites for hydroxylation is 1. The lowest BCUT2D eigenvalue weighted by Gasteiger charge is -2.34. The van der Waals surface area contributed by atoms with Gasteiger partial charge in [-0.1, -0.05) is 36.4 Å². The lowest BCUT2D eigenvalue weighted by molar-refractivity contribution is 0.0611. The number of thiazole rings is 1. The number of likely N-dealkylation sites (tertiary alicyclic amines) is 1. The second kappa shape index (κ2) is 9.71. The first kappa shape index (κ1) is 23.4. The van der Waals surface area contributed by atoms with Crippen molar-refractivity contribution in [2.24, 2.45) is 5.73 Å². The molecule has 8 heteroatoms. The van der Waals surface area contributed by atoms with Gasteiger partial charge in [0.1, 0.15) is 5.01 Å². The minimum Gasteiger partial charge on any atom is -0.419 e. The van der Waals surface area contributed by atoms with Gasteiger partial charge in [-0.05, 0) is 63.3 Å². The van der Waals surface area contributed by atoms with Gasteiger partial charge in [0, 0.05) is 28.7 Å². The Balaban J connectivity index is 1.37. The number of carbonyl (C=O) groups is 1. The number of amides is 1. The van der Waals surface area contributed by atoms with Crippen LogP contribution in [0, 0.1) is 6.92 Å². The maximum absolute atomic E-state index is 13.6. The number of hydrogen-bond acceptors (Lipinski definition) is 7. The Morgan fingerprint density at radius 2 is 2.00 bits per heavy atom. The normalized spacial score (nSPS) is 17.8. The highest BCUT2D eigenvalue weighted by Crippen LogP contribution is 2.34. The van der Waals surface area contributed by atoms with Crippen LogP contribution >= 0.6 is 11.3 Å². The van der Waals surface area contributed by atoms with E-state index in [1.165, 1.54) is 0 Å². The molecule has 5 rings (SSSR count). The van der Waals surface area contributed by atoms with Crippen molar-refractivity contribution in [3.63, 3.8) is 0 Å². The summed E-state index contributed by atoms with van der Waals surface area (Å²) in [6.07, 6.45) is 3.59. The maximum atomic E-state index is 13.6. The van der Waals surface area contributed by atoms with Gasteiger partial charge in [0.2, 0.25) is 11.8 Å². The predicted octanol–water partition coefficient (Wildman–Crippen LogP) is 5.29. The molecule has 0 saturated carbocycles. The monoisotopic (exact) mass is 487 g/mol. The van der Waals surface area contributed by atoms with Crippen LogP contribution in [-0.4, -0.2) is 32.5 Å². The van der Waals surface area contributed by atoms with Gasteiger partial charge < -0.3 is 15.1 Å². The van der Waals surface area contributed by atoms with E-state index in [2.05, 4.69) is 15.2 Å². The summed E-state index contributed by atoms with van der Waals surface area (Å²) in [6, 6.07) is 17.4. The Morgan fingerprint density at radius 3 is 2.77 bits per heavy atom. The summed E-state index contributed by atoms with van der Waals surface area (Å²) in [6.45, 7) is 4.60. The van der Waals surface area contributed by atoms with Gasteiger partial charge >= 0.3 is 0 Å². The average molecular weight is 488 g/mol. The Bertz CT molecular complexity index is 1310. The molecule has 1 aliphatic rings. The molecule has 3 heterocycles. The zero-order valence-electron chi connectivity index (χ0n) is 20.0. The number of benzene rings is 2. The van der Waals surface area contributed by atoms with Gasteiger partial charge in [-0.25, -0.2) is 4.98 Å². The SMILES string of the molecule is Cc1csc([C@H]2CCCCN2C(=O)c2cccc(-c3nnc([C@](C)(N)Cc4ccccc4)o3)c2)n1. The minimum atomic E-state index is -0.813. The Morgan fingerprint density at radius 1 is 1.17 bits per heavy atom. The molecule has 2 aromatic heterocycles. The van der Waals surface area contributed by atoms with E-state index >= 15 is 0 Å². The lowest BCUT2D eigenvalue weighted by atomic mass is 9.94. The van der Waals surface area contributed by atoms with Crippen molar-refractivity contribution in [1.82, 2.24) is 20.1 Å². The molecular formula is C27H29N5O2S. The van der Waals surface area contributed by atoms with Gasteiger partial charge in [0.05, 0.1) is 11.6 Å². The van der Waals surface area contributed by atoms with E-state index in [9.17, 15) is 4.79 Å². The number of piperidine rings is 1. The molecule has 0 spiro atoms. The van der Waals surface area contributed by atoms with E-state index in [1.54, 1.807) is 11.3 Å². The Labute approximate surface area is 209 Å². The summed E-state index contributed by atoms with van der Waals surface area (Å²) in [4.78, 5) is 20.2. The van der Waals surface area contributed by atoms with Gasteiger partial charge in [-0.2, -0.15) is 0 Å². The number of aromatic nitrogens is 3. The summed E-state index contributed by atoms with van der Waals surface area (Å²) < 4.78 is 6.00. The van der Waals surface area contributed by atoms with E-state index in [4.69, 9.17) is 10.2 Å². The van der Waals surface area contributed by atoms with E-state index in [1.807, 2.05) is 78.7 Å². The van der Waals surface area contributed by atoms with Crippen LogP contribution in [0.25, 0.3) is 11.5 Å². The highest BCUT2D eigenvalue weighted by atomic mass is 32.1. The average Bonchev–Trinajstić information content (AvgIpc) is 3.54. The summed E-state index contributed by atoms with van der Waals surface area (Å²) in [7, 11) is 0. The zero-order valence-corrected chi connectivity index (χ0v) is 20.8. The van der Waals surface area contributed by atoms with E-state index in [0.717, 1.165) is 42.1 Å². The van der Waals surface area contributed by atoms with Gasteiger partial charge in [0.25, 0.3) is 5.91 Å². The number of rotatable bonds is 6. The lowest BCUT2D eigenvalue weighted by Crippen LogP contribution is -2.38. The van der Waals surface area contributed by atoms with E-state index < -0.39 is 5.54 Å². The first-order chi connectivity index (χ1) is 16.9. The highest BCUT2D eigenvalue weighted by Gasteiger charge is 2.32. The second-order valence-electron chi connectivity index (χ2n) is 9.41. The molecule has 0 unspecified atom stereocenters. The molecule has 0 radical (unpaired) electrons.